The number of terminal acetylenes is 1. The molecule has 0 radical (unpaired) electrons. The van der Waals surface area contributed by atoms with Gasteiger partial charge in [-0.25, -0.2) is 0 Å². The molecule has 0 aliphatic heterocycles. The molecule has 4 rings (SSSR count). The largest absolute Gasteiger partial charge is 0.508 e. The maximum absolute atomic E-state index is 14.5. The van der Waals surface area contributed by atoms with Crippen LogP contribution >= 0.6 is 0 Å². The molecule has 7 nitrogen and oxygen atoms in total. The maximum atomic E-state index is 14.5. The molecule has 3 aliphatic carbocycles. The fourth-order valence-electron chi connectivity index (χ4n) is 7.65. The third-order valence-electron chi connectivity index (χ3n) is 9.89. The summed E-state index contributed by atoms with van der Waals surface area (Å²) in [6.07, 6.45) is 8.19. The summed E-state index contributed by atoms with van der Waals surface area (Å²) in [4.78, 5) is 40.6. The molecule has 0 bridgehead atoms. The number of phenols is 1. The van der Waals surface area contributed by atoms with Gasteiger partial charge in [-0.2, -0.15) is 0 Å². The number of Topliss-reactive ketones (excluding diaryl/α,β-unsaturated/α-hetero) is 3. The van der Waals surface area contributed by atoms with Crippen LogP contribution in [0.2, 0.25) is 0 Å². The first kappa shape index (κ1) is 27.4. The van der Waals surface area contributed by atoms with Crippen LogP contribution in [-0.4, -0.2) is 43.4 Å². The molecule has 0 aromatic heterocycles. The van der Waals surface area contributed by atoms with E-state index in [-0.39, 0.29) is 22.8 Å². The topological polar surface area (TPSA) is 132 Å². The highest BCUT2D eigenvalue weighted by molar-refractivity contribution is 6.24. The lowest BCUT2D eigenvalue weighted by atomic mass is 9.38. The summed E-state index contributed by atoms with van der Waals surface area (Å²) in [6, 6.07) is 3.42. The number of aliphatic hydroxyl groups is 3. The van der Waals surface area contributed by atoms with E-state index in [1.807, 2.05) is 6.92 Å². The summed E-state index contributed by atoms with van der Waals surface area (Å²) in [5.74, 6) is -4.27. The number of phenolic OH excluding ortho intramolecular Hbond substituents is 1. The fraction of sp³-hybridized carbons (Fsp3) is 0.452. The first-order valence-corrected chi connectivity index (χ1v) is 12.7. The van der Waals surface area contributed by atoms with E-state index in [2.05, 4.69) is 5.92 Å². The maximum Gasteiger partial charge on any atom is 0.203 e. The Morgan fingerprint density at radius 2 is 1.74 bits per heavy atom. The van der Waals surface area contributed by atoms with Crippen LogP contribution in [-0.2, 0) is 14.4 Å². The highest BCUT2D eigenvalue weighted by atomic mass is 16.3. The van der Waals surface area contributed by atoms with Crippen molar-refractivity contribution in [1.29, 1.82) is 0 Å². The van der Waals surface area contributed by atoms with Crippen molar-refractivity contribution in [3.05, 3.63) is 51.8 Å². The molecular formula is C31H34O7. The van der Waals surface area contributed by atoms with E-state index in [1.165, 1.54) is 12.2 Å². The van der Waals surface area contributed by atoms with Crippen molar-refractivity contribution in [2.75, 3.05) is 0 Å². The number of rotatable bonds is 3. The Morgan fingerprint density at radius 3 is 2.26 bits per heavy atom. The highest BCUT2D eigenvalue weighted by Gasteiger charge is 2.75. The quantitative estimate of drug-likeness (QED) is 0.338. The van der Waals surface area contributed by atoms with Gasteiger partial charge < -0.3 is 20.4 Å². The predicted molar refractivity (Wildman–Crippen MR) is 143 cm³/mol. The number of allylic oxidation sites excluding steroid dienone is 2. The van der Waals surface area contributed by atoms with Crippen LogP contribution in [0.25, 0.3) is 11.8 Å². The predicted octanol–water partition coefficient (Wildman–Crippen LogP) is 4.64. The zero-order valence-electron chi connectivity index (χ0n) is 22.7. The number of aromatic hydroxyl groups is 1. The lowest BCUT2D eigenvalue weighted by molar-refractivity contribution is -0.195. The molecular weight excluding hydrogens is 484 g/mol. The van der Waals surface area contributed by atoms with Crippen molar-refractivity contribution in [1.82, 2.24) is 0 Å². The Labute approximate surface area is 222 Å². The minimum Gasteiger partial charge on any atom is -0.508 e. The van der Waals surface area contributed by atoms with E-state index in [1.54, 1.807) is 46.8 Å². The van der Waals surface area contributed by atoms with Gasteiger partial charge in [0.05, 0.1) is 5.56 Å². The highest BCUT2D eigenvalue weighted by Crippen LogP contribution is 2.70. The summed E-state index contributed by atoms with van der Waals surface area (Å²) in [6.45, 7) is 11.7. The van der Waals surface area contributed by atoms with Crippen molar-refractivity contribution in [2.24, 2.45) is 28.6 Å². The lowest BCUT2D eigenvalue weighted by Crippen LogP contribution is -2.72. The molecule has 1 saturated carbocycles. The van der Waals surface area contributed by atoms with E-state index in [0.717, 1.165) is 6.92 Å². The molecule has 1 aromatic rings. The average molecular weight is 519 g/mol. The third-order valence-corrected chi connectivity index (χ3v) is 9.89. The van der Waals surface area contributed by atoms with Crippen molar-refractivity contribution < 1.29 is 34.8 Å². The zero-order chi connectivity index (χ0) is 28.7. The van der Waals surface area contributed by atoms with E-state index >= 15 is 0 Å². The molecule has 0 amide bonds. The Hall–Kier alpha value is -3.63. The molecule has 38 heavy (non-hydrogen) atoms. The van der Waals surface area contributed by atoms with Crippen LogP contribution in [0.15, 0.2) is 35.1 Å². The van der Waals surface area contributed by atoms with E-state index in [4.69, 9.17) is 6.42 Å². The second kappa shape index (κ2) is 8.44. The van der Waals surface area contributed by atoms with Gasteiger partial charge in [0.15, 0.2) is 17.2 Å². The number of carbonyl (C=O) groups excluding carboxylic acids is 3. The molecule has 0 saturated heterocycles. The number of ketones is 3. The minimum atomic E-state index is -2.66. The number of carbonyl (C=O) groups is 3. The van der Waals surface area contributed by atoms with Crippen LogP contribution in [0.3, 0.4) is 0 Å². The lowest BCUT2D eigenvalue weighted by Gasteiger charge is -2.64. The number of benzene rings is 1. The summed E-state index contributed by atoms with van der Waals surface area (Å²) in [7, 11) is 0. The van der Waals surface area contributed by atoms with E-state index < -0.39 is 68.6 Å². The number of hydrogen-bond donors (Lipinski definition) is 4. The van der Waals surface area contributed by atoms with Crippen molar-refractivity contribution in [3.8, 4) is 18.1 Å². The van der Waals surface area contributed by atoms with E-state index in [9.17, 15) is 34.8 Å². The van der Waals surface area contributed by atoms with Crippen molar-refractivity contribution in [3.63, 3.8) is 0 Å². The first-order chi connectivity index (χ1) is 17.6. The van der Waals surface area contributed by atoms with Crippen molar-refractivity contribution >= 4 is 29.2 Å². The first-order valence-electron chi connectivity index (χ1n) is 12.7. The Morgan fingerprint density at radius 1 is 1.13 bits per heavy atom. The third kappa shape index (κ3) is 2.92. The molecule has 4 N–H and O–H groups in total. The Balaban J connectivity index is 2.15. The van der Waals surface area contributed by atoms with Crippen LogP contribution in [0.5, 0.6) is 5.75 Å². The summed E-state index contributed by atoms with van der Waals surface area (Å²) in [5.41, 5.74) is -5.10. The van der Waals surface area contributed by atoms with Gasteiger partial charge in [-0.3, -0.25) is 14.4 Å². The van der Waals surface area contributed by atoms with Gasteiger partial charge in [-0.1, -0.05) is 59.6 Å². The monoisotopic (exact) mass is 518 g/mol. The summed E-state index contributed by atoms with van der Waals surface area (Å²) < 4.78 is 0. The van der Waals surface area contributed by atoms with Gasteiger partial charge in [0.25, 0.3) is 0 Å². The second-order valence-electron chi connectivity index (χ2n) is 11.6. The van der Waals surface area contributed by atoms with Crippen molar-refractivity contribution in [2.45, 2.75) is 60.0 Å². The molecule has 1 unspecified atom stereocenters. The smallest absolute Gasteiger partial charge is 0.203 e. The molecule has 3 aliphatic rings. The molecule has 0 heterocycles. The van der Waals surface area contributed by atoms with E-state index in [0.29, 0.717) is 11.1 Å². The Kier molecular flexibility index (Phi) is 6.09. The van der Waals surface area contributed by atoms with Crippen LogP contribution < -0.4 is 0 Å². The van der Waals surface area contributed by atoms with Gasteiger partial charge in [0.2, 0.25) is 5.78 Å². The van der Waals surface area contributed by atoms with Gasteiger partial charge in [0, 0.05) is 27.9 Å². The second-order valence-corrected chi connectivity index (χ2v) is 11.6. The fourth-order valence-corrected chi connectivity index (χ4v) is 7.65. The van der Waals surface area contributed by atoms with Gasteiger partial charge in [-0.15, -0.1) is 6.42 Å². The van der Waals surface area contributed by atoms with Gasteiger partial charge in [-0.05, 0) is 42.4 Å². The molecule has 6 atom stereocenters. The number of hydrogen-bond acceptors (Lipinski definition) is 7. The molecule has 200 valence electrons. The van der Waals surface area contributed by atoms with Gasteiger partial charge in [0.1, 0.15) is 22.8 Å². The SMILES string of the molecule is C#C/C=C/c1ccc2c(c1O)C(O)=C1C(=O)[C@@]3(O)C(O)=C(C(C)=O)C(=O)C(C(C)C)[C@@]3(C)[C@H](C)[C@@]1(C)[C@@H]2C. The summed E-state index contributed by atoms with van der Waals surface area (Å²) in [5, 5.41) is 46.3. The van der Waals surface area contributed by atoms with Crippen LogP contribution in [0.1, 0.15) is 71.1 Å². The molecule has 1 fully saturated rings. The standard InChI is InChI=1S/C31H34O7/c1-9-10-11-18-12-13-19-15(4)29(7)17(6)30(8)22(14(2)3)25(34)20(16(5)32)27(36)31(30,38)28(37)23(29)26(35)21(19)24(18)33/h1,10-15,17,22,33,35-36,38H,2-8H3/b11-10+/t15-,17-,22?,29-,30-,31+/m1/s1. The number of fused-ring (bicyclic) bond motifs is 3. The molecule has 7 heteroatoms. The molecule has 1 aromatic carbocycles. The average Bonchev–Trinajstić information content (AvgIpc) is 2.83. The normalized spacial score (nSPS) is 34.8. The zero-order valence-corrected chi connectivity index (χ0v) is 22.7. The molecule has 0 spiro atoms. The summed E-state index contributed by atoms with van der Waals surface area (Å²) >= 11 is 0. The minimum absolute atomic E-state index is 0.0412. The van der Waals surface area contributed by atoms with Gasteiger partial charge >= 0.3 is 0 Å². The van der Waals surface area contributed by atoms with Crippen LogP contribution in [0.4, 0.5) is 0 Å². The number of aliphatic hydroxyl groups excluding tert-OH is 2. The Bertz CT molecular complexity index is 1430. The van der Waals surface area contributed by atoms with Crippen LogP contribution in [0, 0.1) is 40.9 Å².